The molecule has 0 spiro atoms. The molecule has 0 bridgehead atoms. The third-order valence-electron chi connectivity index (χ3n) is 2.13. The lowest BCUT2D eigenvalue weighted by Crippen LogP contribution is -2.25. The van der Waals surface area contributed by atoms with Gasteiger partial charge in [-0.05, 0) is 26.8 Å². The summed E-state index contributed by atoms with van der Waals surface area (Å²) in [5, 5.41) is 0. The van der Waals surface area contributed by atoms with E-state index in [2.05, 4.69) is 4.98 Å². The average Bonchev–Trinajstić information content (AvgIpc) is 2.26. The number of ether oxygens (including phenoxy) is 2. The van der Waals surface area contributed by atoms with Gasteiger partial charge in [0.2, 0.25) is 5.88 Å². The lowest BCUT2D eigenvalue weighted by Gasteiger charge is -2.19. The zero-order valence-electron chi connectivity index (χ0n) is 11.4. The molecule has 0 saturated carbocycles. The predicted octanol–water partition coefficient (Wildman–Crippen LogP) is 2.91. The summed E-state index contributed by atoms with van der Waals surface area (Å²) in [7, 11) is 1.32. The van der Waals surface area contributed by atoms with E-state index in [0.717, 1.165) is 0 Å². The molecule has 6 heteroatoms. The van der Waals surface area contributed by atoms with Crippen LogP contribution in [-0.2, 0) is 16.0 Å². The van der Waals surface area contributed by atoms with Gasteiger partial charge in [-0.1, -0.05) is 6.07 Å². The van der Waals surface area contributed by atoms with Gasteiger partial charge in [0.1, 0.15) is 11.3 Å². The summed E-state index contributed by atoms with van der Waals surface area (Å²) in [6.45, 7) is 5.25. The minimum Gasteiger partial charge on any atom is -0.481 e. The number of methoxy groups -OCH3 is 1. The molecular formula is C13H17F2NO3. The van der Waals surface area contributed by atoms with Crippen LogP contribution in [0.5, 0.6) is 5.88 Å². The summed E-state index contributed by atoms with van der Waals surface area (Å²) in [6, 6.07) is 2.57. The van der Waals surface area contributed by atoms with E-state index in [4.69, 9.17) is 9.47 Å². The second-order valence-corrected chi connectivity index (χ2v) is 4.97. The number of hydrogen-bond donors (Lipinski definition) is 0. The monoisotopic (exact) mass is 273 g/mol. The van der Waals surface area contributed by atoms with Gasteiger partial charge in [-0.3, -0.25) is 4.79 Å². The summed E-state index contributed by atoms with van der Waals surface area (Å²) in [5.41, 5.74) is -0.563. The molecular weight excluding hydrogens is 256 g/mol. The zero-order valence-corrected chi connectivity index (χ0v) is 11.4. The van der Waals surface area contributed by atoms with E-state index in [0.29, 0.717) is 5.56 Å². The van der Waals surface area contributed by atoms with Crippen LogP contribution in [0.1, 0.15) is 38.5 Å². The predicted molar refractivity (Wildman–Crippen MR) is 65.3 cm³/mol. The molecule has 0 unspecified atom stereocenters. The van der Waals surface area contributed by atoms with Crippen LogP contribution in [0.3, 0.4) is 0 Å². The van der Waals surface area contributed by atoms with Crippen LogP contribution in [0.4, 0.5) is 8.78 Å². The Morgan fingerprint density at radius 2 is 2.00 bits per heavy atom. The first-order chi connectivity index (χ1) is 8.73. The first-order valence-electron chi connectivity index (χ1n) is 5.76. The topological polar surface area (TPSA) is 48.4 Å². The fourth-order valence-corrected chi connectivity index (χ4v) is 1.45. The number of nitrogens with zero attached hydrogens (tertiary/aromatic N) is 1. The Kier molecular flexibility index (Phi) is 4.80. The molecule has 1 rings (SSSR count). The highest BCUT2D eigenvalue weighted by Crippen LogP contribution is 2.23. The minimum absolute atomic E-state index is 0.0173. The zero-order chi connectivity index (χ0) is 14.6. The number of hydrogen-bond acceptors (Lipinski definition) is 4. The van der Waals surface area contributed by atoms with Gasteiger partial charge in [-0.2, -0.15) is 0 Å². The third-order valence-corrected chi connectivity index (χ3v) is 2.13. The number of carbonyl (C=O) groups excluding carboxylic acids is 1. The Hall–Kier alpha value is -1.72. The van der Waals surface area contributed by atoms with Crippen LogP contribution in [-0.4, -0.2) is 23.7 Å². The maximum absolute atomic E-state index is 12.5. The van der Waals surface area contributed by atoms with E-state index in [1.54, 1.807) is 20.8 Å². The number of pyridine rings is 1. The number of halogens is 2. The highest BCUT2D eigenvalue weighted by molar-refractivity contribution is 5.73. The van der Waals surface area contributed by atoms with Crippen LogP contribution < -0.4 is 4.74 Å². The molecule has 0 radical (unpaired) electrons. The van der Waals surface area contributed by atoms with Crippen molar-refractivity contribution in [1.82, 2.24) is 4.98 Å². The molecule has 1 heterocycles. The molecule has 0 fully saturated rings. The van der Waals surface area contributed by atoms with E-state index in [-0.39, 0.29) is 18.0 Å². The normalized spacial score (nSPS) is 11.5. The van der Waals surface area contributed by atoms with Crippen LogP contribution in [0.15, 0.2) is 12.1 Å². The van der Waals surface area contributed by atoms with Gasteiger partial charge in [0, 0.05) is 5.56 Å². The average molecular weight is 273 g/mol. The maximum Gasteiger partial charge on any atom is 0.310 e. The number of aromatic nitrogens is 1. The van der Waals surface area contributed by atoms with Gasteiger partial charge in [0.05, 0.1) is 13.5 Å². The van der Waals surface area contributed by atoms with Crippen molar-refractivity contribution < 1.29 is 23.0 Å². The summed E-state index contributed by atoms with van der Waals surface area (Å²) in [6.07, 6.45) is -2.75. The van der Waals surface area contributed by atoms with E-state index in [1.165, 1.54) is 19.2 Å². The first kappa shape index (κ1) is 15.3. The fraction of sp³-hybridized carbons (Fsp3) is 0.538. The van der Waals surface area contributed by atoms with Gasteiger partial charge in [0.15, 0.2) is 0 Å². The van der Waals surface area contributed by atoms with Crippen LogP contribution >= 0.6 is 0 Å². The molecule has 0 N–H and O–H groups in total. The van der Waals surface area contributed by atoms with Gasteiger partial charge < -0.3 is 9.47 Å². The van der Waals surface area contributed by atoms with Crippen molar-refractivity contribution in [1.29, 1.82) is 0 Å². The Morgan fingerprint density at radius 3 is 2.47 bits per heavy atom. The van der Waals surface area contributed by atoms with E-state index >= 15 is 0 Å². The van der Waals surface area contributed by atoms with Gasteiger partial charge in [0.25, 0.3) is 6.43 Å². The second kappa shape index (κ2) is 5.95. The summed E-state index contributed by atoms with van der Waals surface area (Å²) in [5.74, 6) is -0.443. The summed E-state index contributed by atoms with van der Waals surface area (Å²) < 4.78 is 35.0. The summed E-state index contributed by atoms with van der Waals surface area (Å²) in [4.78, 5) is 15.3. The highest BCUT2D eigenvalue weighted by Gasteiger charge is 2.19. The number of esters is 1. The molecule has 0 aliphatic rings. The number of alkyl halides is 2. The lowest BCUT2D eigenvalue weighted by molar-refractivity contribution is -0.153. The van der Waals surface area contributed by atoms with Crippen molar-refractivity contribution in [2.24, 2.45) is 0 Å². The van der Waals surface area contributed by atoms with Crippen molar-refractivity contribution in [3.8, 4) is 5.88 Å². The molecule has 0 amide bonds. The molecule has 0 aromatic carbocycles. The van der Waals surface area contributed by atoms with E-state index in [9.17, 15) is 13.6 Å². The Morgan fingerprint density at radius 1 is 1.37 bits per heavy atom. The van der Waals surface area contributed by atoms with Crippen molar-refractivity contribution in [3.63, 3.8) is 0 Å². The molecule has 0 aliphatic heterocycles. The van der Waals surface area contributed by atoms with Crippen molar-refractivity contribution in [2.75, 3.05) is 7.11 Å². The molecule has 19 heavy (non-hydrogen) atoms. The molecule has 1 aromatic rings. The highest BCUT2D eigenvalue weighted by atomic mass is 19.3. The van der Waals surface area contributed by atoms with Crippen molar-refractivity contribution in [2.45, 2.75) is 39.2 Å². The number of rotatable bonds is 4. The van der Waals surface area contributed by atoms with E-state index < -0.39 is 18.0 Å². The fourth-order valence-electron chi connectivity index (χ4n) is 1.45. The van der Waals surface area contributed by atoms with Crippen LogP contribution in [0.2, 0.25) is 0 Å². The maximum atomic E-state index is 12.5. The SMILES string of the molecule is COc1nc(C(F)F)ccc1CC(=O)OC(C)(C)C. The summed E-state index contributed by atoms with van der Waals surface area (Å²) >= 11 is 0. The van der Waals surface area contributed by atoms with Crippen LogP contribution in [0.25, 0.3) is 0 Å². The van der Waals surface area contributed by atoms with Gasteiger partial charge in [-0.25, -0.2) is 13.8 Å². The van der Waals surface area contributed by atoms with Gasteiger partial charge in [-0.15, -0.1) is 0 Å². The van der Waals surface area contributed by atoms with E-state index in [1.807, 2.05) is 0 Å². The third kappa shape index (κ3) is 4.81. The second-order valence-electron chi connectivity index (χ2n) is 4.97. The van der Waals surface area contributed by atoms with Crippen molar-refractivity contribution >= 4 is 5.97 Å². The van der Waals surface area contributed by atoms with Gasteiger partial charge >= 0.3 is 5.97 Å². The first-order valence-corrected chi connectivity index (χ1v) is 5.76. The smallest absolute Gasteiger partial charge is 0.310 e. The Labute approximate surface area is 110 Å². The van der Waals surface area contributed by atoms with Crippen LogP contribution in [0, 0.1) is 0 Å². The molecule has 4 nitrogen and oxygen atoms in total. The quantitative estimate of drug-likeness (QED) is 0.791. The molecule has 0 atom stereocenters. The minimum atomic E-state index is -2.68. The standard InChI is InChI=1S/C13H17F2NO3/c1-13(2,3)19-10(17)7-8-5-6-9(11(14)15)16-12(8)18-4/h5-6,11H,7H2,1-4H3. The molecule has 1 aromatic heterocycles. The number of carbonyl (C=O) groups is 1. The largest absolute Gasteiger partial charge is 0.481 e. The Bertz CT molecular complexity index is 456. The molecule has 106 valence electrons. The molecule has 0 saturated heterocycles. The lowest BCUT2D eigenvalue weighted by atomic mass is 10.1. The Balaban J connectivity index is 2.86. The molecule has 0 aliphatic carbocycles. The van der Waals surface area contributed by atoms with Crippen molar-refractivity contribution in [3.05, 3.63) is 23.4 Å².